The first-order valence-corrected chi connectivity index (χ1v) is 11.0. The van der Waals surface area contributed by atoms with Crippen LogP contribution < -0.4 is 15.1 Å². The monoisotopic (exact) mass is 507 g/mol. The molecule has 0 saturated carbocycles. The highest BCUT2D eigenvalue weighted by molar-refractivity contribution is 7.81. The first-order chi connectivity index (χ1) is 16.4. The second-order valence-electron chi connectivity index (χ2n) is 8.23. The molecule has 2 amide bonds. The molecule has 35 heavy (non-hydrogen) atoms. The number of aromatic nitrogens is 1. The molecule has 1 aromatic carbocycles. The van der Waals surface area contributed by atoms with E-state index in [0.717, 1.165) is 17.2 Å². The highest BCUT2D eigenvalue weighted by Crippen LogP contribution is 2.34. The topological polar surface area (TPSA) is 89.3 Å². The Hall–Kier alpha value is -3.59. The van der Waals surface area contributed by atoms with E-state index in [0.29, 0.717) is 19.0 Å². The van der Waals surface area contributed by atoms with Crippen LogP contribution in [-0.2, 0) is 11.0 Å². The number of halogens is 4. The van der Waals surface area contributed by atoms with E-state index in [1.807, 2.05) is 13.8 Å². The van der Waals surface area contributed by atoms with Gasteiger partial charge < -0.3 is 10.2 Å². The van der Waals surface area contributed by atoms with Crippen molar-refractivity contribution in [2.24, 2.45) is 5.92 Å². The molecule has 0 atom stereocenters. The maximum atomic E-state index is 14.8. The van der Waals surface area contributed by atoms with E-state index in [2.05, 4.69) is 10.3 Å². The average molecular weight is 508 g/mol. The molecule has 184 valence electrons. The van der Waals surface area contributed by atoms with Crippen molar-refractivity contribution < 1.29 is 27.2 Å². The molecule has 1 N–H and O–H groups in total. The Morgan fingerprint density at radius 1 is 1.29 bits per heavy atom. The highest BCUT2D eigenvalue weighted by Gasteiger charge is 2.37. The lowest BCUT2D eigenvalue weighted by molar-refractivity contribution is -0.138. The Morgan fingerprint density at radius 2 is 2.00 bits per heavy atom. The normalized spacial score (nSPS) is 14.7. The van der Waals surface area contributed by atoms with Gasteiger partial charge in [0.1, 0.15) is 11.9 Å². The first kappa shape index (κ1) is 26.0. The van der Waals surface area contributed by atoms with Crippen molar-refractivity contribution in [2.45, 2.75) is 32.9 Å². The van der Waals surface area contributed by atoms with Crippen LogP contribution in [0, 0.1) is 23.1 Å². The zero-order valence-electron chi connectivity index (χ0n) is 18.8. The largest absolute Gasteiger partial charge is 0.419 e. The number of rotatable bonds is 5. The Labute approximate surface area is 204 Å². The number of carbonyl (C=O) groups excluding carboxylic acids is 2. The van der Waals surface area contributed by atoms with Crippen molar-refractivity contribution in [3.8, 4) is 6.07 Å². The Morgan fingerprint density at radius 3 is 2.60 bits per heavy atom. The molecule has 0 aliphatic carbocycles. The Balaban J connectivity index is 1.96. The lowest BCUT2D eigenvalue weighted by atomic mass is 10.1. The van der Waals surface area contributed by atoms with Crippen LogP contribution >= 0.6 is 12.2 Å². The van der Waals surface area contributed by atoms with Gasteiger partial charge in [-0.05, 0) is 48.8 Å². The van der Waals surface area contributed by atoms with Gasteiger partial charge in [-0.2, -0.15) is 18.4 Å². The summed E-state index contributed by atoms with van der Waals surface area (Å²) in [5.41, 5.74) is -2.34. The predicted octanol–water partition coefficient (Wildman–Crippen LogP) is 4.42. The molecule has 1 saturated heterocycles. The Kier molecular flexibility index (Phi) is 7.70. The van der Waals surface area contributed by atoms with Gasteiger partial charge in [-0.3, -0.25) is 14.5 Å². The van der Waals surface area contributed by atoms with Gasteiger partial charge in [-0.1, -0.05) is 13.8 Å². The molecule has 7 nitrogen and oxygen atoms in total. The second kappa shape index (κ2) is 10.4. The number of anilines is 2. The molecule has 1 aromatic heterocycles. The molecule has 0 radical (unpaired) electrons. The second-order valence-corrected chi connectivity index (χ2v) is 8.60. The number of alkyl halides is 3. The van der Waals surface area contributed by atoms with E-state index in [1.165, 1.54) is 23.1 Å². The molecule has 0 bridgehead atoms. The third-order valence-electron chi connectivity index (χ3n) is 5.17. The van der Waals surface area contributed by atoms with Crippen molar-refractivity contribution in [1.29, 1.82) is 5.26 Å². The average Bonchev–Trinajstić information content (AvgIpc) is 2.94. The van der Waals surface area contributed by atoms with Gasteiger partial charge >= 0.3 is 6.18 Å². The number of hydrogen-bond acceptors (Lipinski definition) is 5. The molecule has 0 unspecified atom stereocenters. The third kappa shape index (κ3) is 5.74. The van der Waals surface area contributed by atoms with Gasteiger partial charge in [0, 0.05) is 25.2 Å². The smallest absolute Gasteiger partial charge is 0.352 e. The van der Waals surface area contributed by atoms with Gasteiger partial charge in [0.05, 0.1) is 23.0 Å². The zero-order valence-corrected chi connectivity index (χ0v) is 19.6. The molecule has 1 aliphatic heterocycles. The number of amides is 2. The summed E-state index contributed by atoms with van der Waals surface area (Å²) < 4.78 is 55.1. The summed E-state index contributed by atoms with van der Waals surface area (Å²) in [5, 5.41) is 11.4. The van der Waals surface area contributed by atoms with E-state index in [4.69, 9.17) is 17.5 Å². The van der Waals surface area contributed by atoms with Gasteiger partial charge in [0.2, 0.25) is 5.91 Å². The number of nitriles is 1. The zero-order chi connectivity index (χ0) is 25.9. The van der Waals surface area contributed by atoms with E-state index < -0.39 is 35.1 Å². The van der Waals surface area contributed by atoms with Crippen LogP contribution in [0.2, 0.25) is 0 Å². The van der Waals surface area contributed by atoms with Gasteiger partial charge in [0.15, 0.2) is 10.8 Å². The van der Waals surface area contributed by atoms with Gasteiger partial charge in [0.25, 0.3) is 5.91 Å². The molecule has 1 aliphatic rings. The number of benzene rings is 1. The highest BCUT2D eigenvalue weighted by atomic mass is 32.1. The van der Waals surface area contributed by atoms with Crippen LogP contribution in [-0.4, -0.2) is 35.0 Å². The molecular weight excluding hydrogens is 486 g/mol. The number of hydrogen-bond donors (Lipinski definition) is 1. The minimum atomic E-state index is -4.88. The van der Waals surface area contributed by atoms with Crippen LogP contribution in [0.3, 0.4) is 0 Å². The van der Waals surface area contributed by atoms with Crippen LogP contribution in [0.4, 0.5) is 28.9 Å². The van der Waals surface area contributed by atoms with E-state index in [1.54, 1.807) is 0 Å². The summed E-state index contributed by atoms with van der Waals surface area (Å²) in [6, 6.07) is 5.85. The van der Waals surface area contributed by atoms with Crippen LogP contribution in [0.5, 0.6) is 0 Å². The molecule has 0 spiro atoms. The maximum Gasteiger partial charge on any atom is 0.419 e. The standard InChI is InChI=1S/C23H21F4N5O2S/c1-13(2)11-30-21(34)16-6-5-14(9-18(16)24)31-7-3-4-20(33)32(22(31)35)15-8-17(23(25,26)27)19(10-28)29-12-15/h5-6,8-9,12-13H,3-4,7,11H2,1-2H3,(H,30,34). The van der Waals surface area contributed by atoms with Crippen molar-refractivity contribution in [1.82, 2.24) is 10.3 Å². The fourth-order valence-electron chi connectivity index (χ4n) is 3.45. The molecule has 12 heteroatoms. The summed E-state index contributed by atoms with van der Waals surface area (Å²) in [6.45, 7) is 4.35. The van der Waals surface area contributed by atoms with Crippen molar-refractivity contribution in [3.63, 3.8) is 0 Å². The fourth-order valence-corrected chi connectivity index (χ4v) is 3.85. The summed E-state index contributed by atoms with van der Waals surface area (Å²) in [7, 11) is 0. The fraction of sp³-hybridized carbons (Fsp3) is 0.348. The summed E-state index contributed by atoms with van der Waals surface area (Å²) in [4.78, 5) is 30.9. The third-order valence-corrected chi connectivity index (χ3v) is 5.57. The number of carbonyl (C=O) groups is 2. The van der Waals surface area contributed by atoms with Crippen molar-refractivity contribution >= 4 is 40.5 Å². The summed E-state index contributed by atoms with van der Waals surface area (Å²) >= 11 is 5.43. The molecule has 3 rings (SSSR count). The van der Waals surface area contributed by atoms with Crippen LogP contribution in [0.15, 0.2) is 30.5 Å². The summed E-state index contributed by atoms with van der Waals surface area (Å²) in [5.74, 6) is -1.79. The van der Waals surface area contributed by atoms with Crippen LogP contribution in [0.1, 0.15) is 48.3 Å². The van der Waals surface area contributed by atoms with E-state index in [9.17, 15) is 27.2 Å². The molecular formula is C23H21F4N5O2S. The lowest BCUT2D eigenvalue weighted by Gasteiger charge is -2.30. The minimum absolute atomic E-state index is 0.0316. The Bertz CT molecular complexity index is 1210. The minimum Gasteiger partial charge on any atom is -0.352 e. The molecule has 2 heterocycles. The molecule has 2 aromatic rings. The predicted molar refractivity (Wildman–Crippen MR) is 124 cm³/mol. The van der Waals surface area contributed by atoms with Gasteiger partial charge in [-0.25, -0.2) is 9.37 Å². The van der Waals surface area contributed by atoms with Crippen molar-refractivity contribution in [3.05, 3.63) is 53.1 Å². The summed E-state index contributed by atoms with van der Waals surface area (Å²) in [6.07, 6.45) is -3.65. The maximum absolute atomic E-state index is 14.8. The van der Waals surface area contributed by atoms with E-state index in [-0.39, 0.29) is 40.9 Å². The van der Waals surface area contributed by atoms with E-state index >= 15 is 0 Å². The van der Waals surface area contributed by atoms with Crippen molar-refractivity contribution in [2.75, 3.05) is 22.9 Å². The first-order valence-electron chi connectivity index (χ1n) is 10.6. The lowest BCUT2D eigenvalue weighted by Crippen LogP contribution is -2.44. The number of pyridine rings is 1. The number of nitrogens with one attached hydrogen (secondary N) is 1. The molecule has 1 fully saturated rings. The van der Waals surface area contributed by atoms with Crippen LogP contribution in [0.25, 0.3) is 0 Å². The van der Waals surface area contributed by atoms with Gasteiger partial charge in [-0.15, -0.1) is 0 Å². The number of nitrogens with zero attached hydrogens (tertiary/aromatic N) is 4. The SMILES string of the molecule is CC(C)CNC(=O)c1ccc(N2CCCC(=O)N(c3cnc(C#N)c(C(F)(F)F)c3)C2=S)cc1F. The number of thiocarbonyl (C=S) groups is 1. The quantitative estimate of drug-likeness (QED) is 0.476.